The number of hydrogen-bond acceptors (Lipinski definition) is 5. The van der Waals surface area contributed by atoms with E-state index in [4.69, 9.17) is 5.11 Å². The maximum atomic E-state index is 11.0. The number of fused-ring (bicyclic) bond motifs is 1. The van der Waals surface area contributed by atoms with Gasteiger partial charge in [0.25, 0.3) is 0 Å². The summed E-state index contributed by atoms with van der Waals surface area (Å²) in [5, 5.41) is 12.0. The number of carboxylic acid groups (broad SMARTS) is 1. The van der Waals surface area contributed by atoms with E-state index < -0.39 is 5.97 Å². The number of aromatic nitrogens is 2. The standard InChI is InChI=1S/C17H17N3O2S/c1-10-4-5-12(11(2)6-10)13-8-23-17-15(13)16(18-9-19-17)20(3)7-14(21)22/h4-6,8-9H,7H2,1-3H3,(H,21,22). The quantitative estimate of drug-likeness (QED) is 0.794. The van der Waals surface area contributed by atoms with Crippen molar-refractivity contribution in [2.24, 2.45) is 0 Å². The molecule has 6 heteroatoms. The van der Waals surface area contributed by atoms with Crippen molar-refractivity contribution in [1.82, 2.24) is 9.97 Å². The van der Waals surface area contributed by atoms with Gasteiger partial charge in [0, 0.05) is 18.0 Å². The Morgan fingerprint density at radius 3 is 2.74 bits per heavy atom. The van der Waals surface area contributed by atoms with E-state index in [2.05, 4.69) is 47.4 Å². The molecule has 0 radical (unpaired) electrons. The summed E-state index contributed by atoms with van der Waals surface area (Å²) in [6.45, 7) is 4.04. The number of rotatable bonds is 4. The lowest BCUT2D eigenvalue weighted by molar-refractivity contribution is -0.135. The first kappa shape index (κ1) is 15.4. The molecular formula is C17H17N3O2S. The van der Waals surface area contributed by atoms with E-state index in [0.717, 1.165) is 21.3 Å². The van der Waals surface area contributed by atoms with E-state index in [-0.39, 0.29) is 6.54 Å². The summed E-state index contributed by atoms with van der Waals surface area (Å²) in [5.41, 5.74) is 4.57. The number of benzene rings is 1. The number of hydrogen-bond donors (Lipinski definition) is 1. The summed E-state index contributed by atoms with van der Waals surface area (Å²) < 4.78 is 0. The van der Waals surface area contributed by atoms with Gasteiger partial charge in [0.15, 0.2) is 0 Å². The molecule has 0 aliphatic rings. The number of carbonyl (C=O) groups is 1. The first-order valence-corrected chi connectivity index (χ1v) is 8.08. The topological polar surface area (TPSA) is 66.3 Å². The molecular weight excluding hydrogens is 310 g/mol. The molecule has 0 fully saturated rings. The van der Waals surface area contributed by atoms with Crippen LogP contribution >= 0.6 is 11.3 Å². The summed E-state index contributed by atoms with van der Waals surface area (Å²) >= 11 is 1.55. The molecule has 23 heavy (non-hydrogen) atoms. The molecule has 118 valence electrons. The highest BCUT2D eigenvalue weighted by molar-refractivity contribution is 7.17. The predicted octanol–water partition coefficient (Wildman–Crippen LogP) is 3.50. The van der Waals surface area contributed by atoms with Crippen molar-refractivity contribution < 1.29 is 9.90 Å². The minimum absolute atomic E-state index is 0.103. The van der Waals surface area contributed by atoms with Crippen molar-refractivity contribution in [1.29, 1.82) is 0 Å². The third kappa shape index (κ3) is 2.90. The molecule has 0 bridgehead atoms. The van der Waals surface area contributed by atoms with Gasteiger partial charge in [0.1, 0.15) is 23.5 Å². The molecule has 0 aliphatic carbocycles. The Balaban J connectivity index is 2.21. The van der Waals surface area contributed by atoms with Gasteiger partial charge in [0.2, 0.25) is 0 Å². The molecule has 0 unspecified atom stereocenters. The van der Waals surface area contributed by atoms with Crippen LogP contribution in [0.25, 0.3) is 21.3 Å². The van der Waals surface area contributed by atoms with Crippen LogP contribution in [0.15, 0.2) is 29.9 Å². The number of thiophene rings is 1. The number of aryl methyl sites for hydroxylation is 2. The second-order valence-corrected chi connectivity index (χ2v) is 6.45. The highest BCUT2D eigenvalue weighted by Crippen LogP contribution is 2.38. The maximum absolute atomic E-state index is 11.0. The second kappa shape index (κ2) is 5.96. The Morgan fingerprint density at radius 2 is 2.04 bits per heavy atom. The van der Waals surface area contributed by atoms with Crippen molar-refractivity contribution in [3.8, 4) is 11.1 Å². The van der Waals surface area contributed by atoms with Crippen molar-refractivity contribution in [3.05, 3.63) is 41.0 Å². The van der Waals surface area contributed by atoms with Crippen LogP contribution in [-0.2, 0) is 4.79 Å². The maximum Gasteiger partial charge on any atom is 0.323 e. The molecule has 0 spiro atoms. The third-order valence-corrected chi connectivity index (χ3v) is 4.64. The molecule has 0 atom stereocenters. The first-order chi connectivity index (χ1) is 11.0. The average molecular weight is 327 g/mol. The Labute approximate surface area is 138 Å². The first-order valence-electron chi connectivity index (χ1n) is 7.20. The van der Waals surface area contributed by atoms with E-state index in [0.29, 0.717) is 5.82 Å². The zero-order chi connectivity index (χ0) is 16.6. The lowest BCUT2D eigenvalue weighted by Gasteiger charge is -2.17. The van der Waals surface area contributed by atoms with Gasteiger partial charge in [-0.05, 0) is 25.0 Å². The van der Waals surface area contributed by atoms with Gasteiger partial charge >= 0.3 is 5.97 Å². The monoisotopic (exact) mass is 327 g/mol. The highest BCUT2D eigenvalue weighted by Gasteiger charge is 2.18. The minimum atomic E-state index is -0.887. The lowest BCUT2D eigenvalue weighted by Crippen LogP contribution is -2.26. The highest BCUT2D eigenvalue weighted by atomic mass is 32.1. The molecule has 2 heterocycles. The zero-order valence-corrected chi connectivity index (χ0v) is 14.0. The normalized spacial score (nSPS) is 10.9. The summed E-state index contributed by atoms with van der Waals surface area (Å²) in [4.78, 5) is 22.2. The number of likely N-dealkylation sites (N-methyl/N-ethyl adjacent to an activating group) is 1. The smallest absolute Gasteiger partial charge is 0.323 e. The Kier molecular flexibility index (Phi) is 4.00. The molecule has 3 rings (SSSR count). The van der Waals surface area contributed by atoms with E-state index in [1.807, 2.05) is 0 Å². The van der Waals surface area contributed by atoms with Crippen LogP contribution in [0, 0.1) is 13.8 Å². The van der Waals surface area contributed by atoms with Crippen LogP contribution < -0.4 is 4.90 Å². The fourth-order valence-electron chi connectivity index (χ4n) is 2.74. The van der Waals surface area contributed by atoms with Crippen LogP contribution in [0.2, 0.25) is 0 Å². The molecule has 0 saturated carbocycles. The van der Waals surface area contributed by atoms with Gasteiger partial charge in [-0.3, -0.25) is 4.79 Å². The zero-order valence-electron chi connectivity index (χ0n) is 13.2. The molecule has 0 amide bonds. The summed E-state index contributed by atoms with van der Waals surface area (Å²) in [6.07, 6.45) is 1.48. The molecule has 0 aliphatic heterocycles. The lowest BCUT2D eigenvalue weighted by atomic mass is 9.99. The minimum Gasteiger partial charge on any atom is -0.480 e. The number of aliphatic carboxylic acids is 1. The predicted molar refractivity (Wildman–Crippen MR) is 93.2 cm³/mol. The van der Waals surface area contributed by atoms with E-state index in [9.17, 15) is 4.79 Å². The van der Waals surface area contributed by atoms with Gasteiger partial charge in [-0.25, -0.2) is 9.97 Å². The van der Waals surface area contributed by atoms with Crippen molar-refractivity contribution in [3.63, 3.8) is 0 Å². The summed E-state index contributed by atoms with van der Waals surface area (Å²) in [5.74, 6) is -0.240. The Bertz CT molecular complexity index is 889. The molecule has 0 saturated heterocycles. The van der Waals surface area contributed by atoms with Crippen LogP contribution in [0.4, 0.5) is 5.82 Å². The van der Waals surface area contributed by atoms with Crippen molar-refractivity contribution in [2.75, 3.05) is 18.5 Å². The molecule has 3 aromatic rings. The van der Waals surface area contributed by atoms with Gasteiger partial charge in [-0.1, -0.05) is 23.8 Å². The third-order valence-electron chi connectivity index (χ3n) is 3.76. The molecule has 1 aromatic carbocycles. The van der Waals surface area contributed by atoms with E-state index in [1.54, 1.807) is 23.3 Å². The van der Waals surface area contributed by atoms with E-state index >= 15 is 0 Å². The summed E-state index contributed by atoms with van der Waals surface area (Å²) in [7, 11) is 1.74. The Morgan fingerprint density at radius 1 is 1.26 bits per heavy atom. The number of carboxylic acids is 1. The SMILES string of the molecule is Cc1ccc(-c2csc3ncnc(N(C)CC(=O)O)c23)c(C)c1. The van der Waals surface area contributed by atoms with Crippen molar-refractivity contribution >= 4 is 33.3 Å². The van der Waals surface area contributed by atoms with Gasteiger partial charge in [-0.2, -0.15) is 0 Å². The fourth-order valence-corrected chi connectivity index (χ4v) is 3.64. The van der Waals surface area contributed by atoms with Gasteiger partial charge in [0.05, 0.1) is 5.39 Å². The van der Waals surface area contributed by atoms with Crippen LogP contribution in [0.1, 0.15) is 11.1 Å². The summed E-state index contributed by atoms with van der Waals surface area (Å²) in [6, 6.07) is 6.32. The molecule has 1 N–H and O–H groups in total. The van der Waals surface area contributed by atoms with Crippen LogP contribution in [-0.4, -0.2) is 34.6 Å². The fraction of sp³-hybridized carbons (Fsp3) is 0.235. The van der Waals surface area contributed by atoms with Gasteiger partial charge < -0.3 is 10.0 Å². The molecule has 5 nitrogen and oxygen atoms in total. The Hall–Kier alpha value is -2.47. The number of anilines is 1. The van der Waals surface area contributed by atoms with E-state index in [1.165, 1.54) is 17.5 Å². The molecule has 2 aromatic heterocycles. The second-order valence-electron chi connectivity index (χ2n) is 5.59. The van der Waals surface area contributed by atoms with Crippen LogP contribution in [0.3, 0.4) is 0 Å². The average Bonchev–Trinajstić information content (AvgIpc) is 2.90. The van der Waals surface area contributed by atoms with Gasteiger partial charge in [-0.15, -0.1) is 11.3 Å². The van der Waals surface area contributed by atoms with Crippen molar-refractivity contribution in [2.45, 2.75) is 13.8 Å². The number of nitrogens with zero attached hydrogens (tertiary/aromatic N) is 3. The largest absolute Gasteiger partial charge is 0.480 e. The van der Waals surface area contributed by atoms with Crippen LogP contribution in [0.5, 0.6) is 0 Å².